The molecule has 212 valence electrons. The van der Waals surface area contributed by atoms with Crippen LogP contribution in [0.15, 0.2) is 133 Å². The van der Waals surface area contributed by atoms with E-state index < -0.39 is 21.4 Å². The Labute approximate surface area is 245 Å². The summed E-state index contributed by atoms with van der Waals surface area (Å²) in [5.41, 5.74) is 1.51. The fourth-order valence-corrected chi connectivity index (χ4v) is 6.03. The lowest BCUT2D eigenvalue weighted by atomic mass is 9.98. The molecular formula is C35H22F3NO3S. The lowest BCUT2D eigenvalue weighted by Crippen LogP contribution is -2.28. The molecule has 7 aromatic rings. The van der Waals surface area contributed by atoms with E-state index in [2.05, 4.69) is 57.3 Å². The third-order valence-corrected chi connectivity index (χ3v) is 8.50. The van der Waals surface area contributed by atoms with Gasteiger partial charge in [0.1, 0.15) is 5.75 Å². The first kappa shape index (κ1) is 26.8. The van der Waals surface area contributed by atoms with Crippen LogP contribution in [0, 0.1) is 0 Å². The van der Waals surface area contributed by atoms with Gasteiger partial charge in [-0.3, -0.25) is 0 Å². The highest BCUT2D eigenvalue weighted by Crippen LogP contribution is 2.40. The van der Waals surface area contributed by atoms with E-state index in [1.807, 2.05) is 60.7 Å². The molecule has 0 unspecified atom stereocenters. The van der Waals surface area contributed by atoms with E-state index in [0.29, 0.717) is 5.39 Å². The van der Waals surface area contributed by atoms with Gasteiger partial charge in [-0.15, -0.1) is 0 Å². The first-order valence-electron chi connectivity index (χ1n) is 13.4. The fourth-order valence-electron chi connectivity index (χ4n) is 5.57. The number of nitrogens with zero attached hydrogens (tertiary/aromatic N) is 1. The van der Waals surface area contributed by atoms with Crippen LogP contribution in [0.4, 0.5) is 13.2 Å². The van der Waals surface area contributed by atoms with Gasteiger partial charge in [0.15, 0.2) is 0 Å². The van der Waals surface area contributed by atoms with Crippen molar-refractivity contribution in [2.24, 2.45) is 0 Å². The maximum atomic E-state index is 12.9. The maximum Gasteiger partial charge on any atom is 0.534 e. The van der Waals surface area contributed by atoms with Crippen molar-refractivity contribution in [3.63, 3.8) is 0 Å². The third-order valence-electron chi connectivity index (χ3n) is 7.52. The van der Waals surface area contributed by atoms with Crippen LogP contribution in [-0.4, -0.2) is 18.5 Å². The van der Waals surface area contributed by atoms with Crippen LogP contribution < -0.4 is 4.18 Å². The first-order chi connectivity index (χ1) is 20.7. The SMILES string of the molecule is O=S(=O)(Oc1ccc2c(ccc3c4ccc(-c5cccc(-c6ccccc6)c5)cc4n(-c4ccccc4)c23)c1)C(F)(F)F. The monoisotopic (exact) mass is 593 g/mol. The van der Waals surface area contributed by atoms with Gasteiger partial charge in [0.2, 0.25) is 0 Å². The first-order valence-corrected chi connectivity index (χ1v) is 14.8. The van der Waals surface area contributed by atoms with E-state index in [1.165, 1.54) is 12.1 Å². The number of para-hydroxylation sites is 1. The second-order valence-electron chi connectivity index (χ2n) is 10.2. The van der Waals surface area contributed by atoms with Crippen molar-refractivity contribution in [1.82, 2.24) is 4.57 Å². The van der Waals surface area contributed by atoms with Gasteiger partial charge in [-0.1, -0.05) is 91.0 Å². The van der Waals surface area contributed by atoms with Gasteiger partial charge in [0, 0.05) is 21.8 Å². The summed E-state index contributed by atoms with van der Waals surface area (Å²) in [4.78, 5) is 0. The topological polar surface area (TPSA) is 48.3 Å². The fraction of sp³-hybridized carbons (Fsp3) is 0.0286. The van der Waals surface area contributed by atoms with Crippen molar-refractivity contribution >= 4 is 42.7 Å². The molecule has 0 N–H and O–H groups in total. The molecule has 0 aliphatic rings. The van der Waals surface area contributed by atoms with Gasteiger partial charge in [-0.2, -0.15) is 21.6 Å². The highest BCUT2D eigenvalue weighted by atomic mass is 32.2. The molecule has 1 aromatic heterocycles. The standard InChI is InChI=1S/C35H22F3NO3S/c36-35(37,38)43(40,41)42-29-16-19-30-27(21-29)15-18-32-31-17-14-26(22-33(31)39(34(30)32)28-12-5-2-6-13-28)25-11-7-10-24(20-25)23-8-3-1-4-9-23/h1-22H. The van der Waals surface area contributed by atoms with Crippen LogP contribution >= 0.6 is 0 Å². The Bertz CT molecular complexity index is 2260. The van der Waals surface area contributed by atoms with Gasteiger partial charge in [0.05, 0.1) is 11.0 Å². The minimum atomic E-state index is -5.79. The molecular weight excluding hydrogens is 571 g/mol. The third kappa shape index (κ3) is 4.70. The van der Waals surface area contributed by atoms with E-state index in [0.717, 1.165) is 55.1 Å². The van der Waals surface area contributed by atoms with E-state index in [4.69, 9.17) is 0 Å². The Balaban J connectivity index is 1.44. The average Bonchev–Trinajstić information content (AvgIpc) is 3.35. The largest absolute Gasteiger partial charge is 0.534 e. The molecule has 8 heteroatoms. The van der Waals surface area contributed by atoms with Crippen LogP contribution in [0.1, 0.15) is 0 Å². The Morgan fingerprint density at radius 1 is 0.558 bits per heavy atom. The molecule has 4 nitrogen and oxygen atoms in total. The predicted octanol–water partition coefficient (Wildman–Crippen LogP) is 9.50. The molecule has 0 aliphatic carbocycles. The molecule has 0 fully saturated rings. The molecule has 0 spiro atoms. The number of alkyl halides is 3. The van der Waals surface area contributed by atoms with Crippen LogP contribution in [0.3, 0.4) is 0 Å². The number of rotatable bonds is 5. The van der Waals surface area contributed by atoms with Crippen molar-refractivity contribution in [3.8, 4) is 33.7 Å². The van der Waals surface area contributed by atoms with Crippen molar-refractivity contribution < 1.29 is 25.8 Å². The van der Waals surface area contributed by atoms with Crippen molar-refractivity contribution in [2.45, 2.75) is 5.51 Å². The Kier molecular flexibility index (Phi) is 6.25. The van der Waals surface area contributed by atoms with Crippen LogP contribution in [0.5, 0.6) is 5.75 Å². The summed E-state index contributed by atoms with van der Waals surface area (Å²) in [6.45, 7) is 0. The average molecular weight is 594 g/mol. The second kappa shape index (κ2) is 10.0. The Morgan fingerprint density at radius 3 is 1.88 bits per heavy atom. The predicted molar refractivity (Wildman–Crippen MR) is 165 cm³/mol. The molecule has 0 bridgehead atoms. The summed E-state index contributed by atoms with van der Waals surface area (Å²) in [6, 6.07) is 42.5. The molecule has 1 heterocycles. The second-order valence-corrected chi connectivity index (χ2v) is 11.7. The van der Waals surface area contributed by atoms with Crippen LogP contribution in [0.25, 0.3) is 60.5 Å². The number of hydrogen-bond acceptors (Lipinski definition) is 3. The molecule has 0 amide bonds. The molecule has 0 saturated carbocycles. The molecule has 0 saturated heterocycles. The van der Waals surface area contributed by atoms with E-state index in [9.17, 15) is 21.6 Å². The zero-order valence-corrected chi connectivity index (χ0v) is 23.2. The zero-order valence-electron chi connectivity index (χ0n) is 22.4. The van der Waals surface area contributed by atoms with Gasteiger partial charge in [0.25, 0.3) is 0 Å². The van der Waals surface area contributed by atoms with E-state index >= 15 is 0 Å². The minimum absolute atomic E-state index is 0.410. The molecule has 6 aromatic carbocycles. The highest BCUT2D eigenvalue weighted by molar-refractivity contribution is 7.88. The number of benzene rings is 6. The molecule has 0 atom stereocenters. The molecule has 0 radical (unpaired) electrons. The zero-order chi connectivity index (χ0) is 29.8. The summed E-state index contributed by atoms with van der Waals surface area (Å²) >= 11 is 0. The van der Waals surface area contributed by atoms with Crippen LogP contribution in [-0.2, 0) is 10.1 Å². The smallest absolute Gasteiger partial charge is 0.376 e. The summed E-state index contributed by atoms with van der Waals surface area (Å²) in [6.07, 6.45) is 0. The normalized spacial score (nSPS) is 12.3. The van der Waals surface area contributed by atoms with Gasteiger partial charge in [-0.25, -0.2) is 0 Å². The van der Waals surface area contributed by atoms with Crippen molar-refractivity contribution in [1.29, 1.82) is 0 Å². The van der Waals surface area contributed by atoms with Gasteiger partial charge >= 0.3 is 15.6 Å². The number of aromatic nitrogens is 1. The number of fused-ring (bicyclic) bond motifs is 5. The van der Waals surface area contributed by atoms with Gasteiger partial charge < -0.3 is 8.75 Å². The van der Waals surface area contributed by atoms with Gasteiger partial charge in [-0.05, 0) is 70.1 Å². The molecule has 7 rings (SSSR count). The minimum Gasteiger partial charge on any atom is -0.376 e. The van der Waals surface area contributed by atoms with E-state index in [1.54, 1.807) is 12.1 Å². The summed E-state index contributed by atoms with van der Waals surface area (Å²) in [7, 11) is -5.79. The van der Waals surface area contributed by atoms with Crippen LogP contribution in [0.2, 0.25) is 0 Å². The lowest BCUT2D eigenvalue weighted by Gasteiger charge is -2.12. The molecule has 0 aliphatic heterocycles. The van der Waals surface area contributed by atoms with Crippen molar-refractivity contribution in [3.05, 3.63) is 133 Å². The Hall–Kier alpha value is -5.08. The quantitative estimate of drug-likeness (QED) is 0.148. The van der Waals surface area contributed by atoms with E-state index in [-0.39, 0.29) is 0 Å². The summed E-state index contributed by atoms with van der Waals surface area (Å²) in [5, 5.41) is 3.23. The summed E-state index contributed by atoms with van der Waals surface area (Å²) in [5.74, 6) is -0.410. The Morgan fingerprint density at radius 2 is 1.16 bits per heavy atom. The number of halogens is 3. The van der Waals surface area contributed by atoms with Crippen molar-refractivity contribution in [2.75, 3.05) is 0 Å². The molecule has 43 heavy (non-hydrogen) atoms. The lowest BCUT2D eigenvalue weighted by molar-refractivity contribution is -0.0500. The summed E-state index contributed by atoms with van der Waals surface area (Å²) < 4.78 is 68.6. The highest BCUT2D eigenvalue weighted by Gasteiger charge is 2.48. The maximum absolute atomic E-state index is 12.9. The number of hydrogen-bond donors (Lipinski definition) is 0.